The van der Waals surface area contributed by atoms with Gasteiger partial charge >= 0.3 is 6.03 Å². The first-order valence-corrected chi connectivity index (χ1v) is 7.15. The molecule has 2 rings (SSSR count). The lowest BCUT2D eigenvalue weighted by atomic mass is 10.4. The maximum Gasteiger partial charge on any atom is 0.316 e. The highest BCUT2D eigenvalue weighted by Crippen LogP contribution is 2.22. The van der Waals surface area contributed by atoms with E-state index in [9.17, 15) is 4.79 Å². The lowest BCUT2D eigenvalue weighted by Gasteiger charge is -2.12. The summed E-state index contributed by atoms with van der Waals surface area (Å²) in [5, 5.41) is 8.05. The lowest BCUT2D eigenvalue weighted by Crippen LogP contribution is -2.38. The van der Waals surface area contributed by atoms with Gasteiger partial charge in [-0.3, -0.25) is 4.40 Å². The SMILES string of the molecule is COc1nc2sccn2c1CNCCNC(=O)N(C)C. The van der Waals surface area contributed by atoms with Crippen molar-refractivity contribution >= 4 is 22.3 Å². The van der Waals surface area contributed by atoms with Crippen molar-refractivity contribution < 1.29 is 9.53 Å². The van der Waals surface area contributed by atoms with Gasteiger partial charge in [0.25, 0.3) is 0 Å². The van der Waals surface area contributed by atoms with Crippen molar-refractivity contribution in [3.05, 3.63) is 17.3 Å². The normalized spacial score (nSPS) is 10.8. The van der Waals surface area contributed by atoms with Crippen LogP contribution in [0.15, 0.2) is 11.6 Å². The maximum atomic E-state index is 11.3. The van der Waals surface area contributed by atoms with Crippen LogP contribution in [0, 0.1) is 0 Å². The number of amides is 2. The quantitative estimate of drug-likeness (QED) is 0.773. The summed E-state index contributed by atoms with van der Waals surface area (Å²) < 4.78 is 7.28. The number of nitrogens with one attached hydrogen (secondary N) is 2. The lowest BCUT2D eigenvalue weighted by molar-refractivity contribution is 0.217. The molecule has 2 amide bonds. The fraction of sp³-hybridized carbons (Fsp3) is 0.500. The largest absolute Gasteiger partial charge is 0.480 e. The van der Waals surface area contributed by atoms with Crippen LogP contribution in [0.4, 0.5) is 4.79 Å². The van der Waals surface area contributed by atoms with E-state index in [0.29, 0.717) is 25.5 Å². The van der Waals surface area contributed by atoms with E-state index in [0.717, 1.165) is 10.7 Å². The van der Waals surface area contributed by atoms with Crippen LogP contribution in [0.3, 0.4) is 0 Å². The summed E-state index contributed by atoms with van der Waals surface area (Å²) in [5.74, 6) is 0.640. The molecular formula is C12H19N5O2S. The monoisotopic (exact) mass is 297 g/mol. The van der Waals surface area contributed by atoms with E-state index in [1.165, 1.54) is 4.90 Å². The Morgan fingerprint density at radius 2 is 2.30 bits per heavy atom. The van der Waals surface area contributed by atoms with Gasteiger partial charge in [-0.25, -0.2) is 4.79 Å². The number of carbonyl (C=O) groups is 1. The van der Waals surface area contributed by atoms with Crippen molar-refractivity contribution in [2.75, 3.05) is 34.3 Å². The van der Waals surface area contributed by atoms with Crippen molar-refractivity contribution in [1.29, 1.82) is 0 Å². The first-order chi connectivity index (χ1) is 9.63. The van der Waals surface area contributed by atoms with Crippen LogP contribution >= 0.6 is 11.3 Å². The van der Waals surface area contributed by atoms with Crippen LogP contribution < -0.4 is 15.4 Å². The number of rotatable bonds is 6. The minimum absolute atomic E-state index is 0.0889. The molecule has 0 aliphatic rings. The molecule has 0 aromatic carbocycles. The van der Waals surface area contributed by atoms with E-state index in [1.54, 1.807) is 32.5 Å². The Kier molecular flexibility index (Phi) is 4.80. The van der Waals surface area contributed by atoms with E-state index in [1.807, 2.05) is 16.0 Å². The average molecular weight is 297 g/mol. The van der Waals surface area contributed by atoms with Crippen LogP contribution in [0.1, 0.15) is 5.69 Å². The van der Waals surface area contributed by atoms with E-state index >= 15 is 0 Å². The van der Waals surface area contributed by atoms with E-state index < -0.39 is 0 Å². The summed E-state index contributed by atoms with van der Waals surface area (Å²) in [6, 6.07) is -0.0889. The van der Waals surface area contributed by atoms with Crippen molar-refractivity contribution in [1.82, 2.24) is 24.9 Å². The third-order valence-electron chi connectivity index (χ3n) is 2.79. The second-order valence-corrected chi connectivity index (χ2v) is 5.30. The van der Waals surface area contributed by atoms with Crippen molar-refractivity contribution in [3.8, 4) is 5.88 Å². The molecule has 0 fully saturated rings. The number of nitrogens with zero attached hydrogens (tertiary/aromatic N) is 3. The van der Waals surface area contributed by atoms with Crippen molar-refractivity contribution in [2.45, 2.75) is 6.54 Å². The van der Waals surface area contributed by atoms with Crippen LogP contribution in [-0.2, 0) is 6.54 Å². The molecule has 8 heteroatoms. The van der Waals surface area contributed by atoms with E-state index in [-0.39, 0.29) is 6.03 Å². The Balaban J connectivity index is 1.83. The molecule has 7 nitrogen and oxygen atoms in total. The summed E-state index contributed by atoms with van der Waals surface area (Å²) in [7, 11) is 5.05. The first-order valence-electron chi connectivity index (χ1n) is 6.27. The third kappa shape index (κ3) is 3.20. The molecule has 0 unspecified atom stereocenters. The molecule has 0 saturated heterocycles. The van der Waals surface area contributed by atoms with E-state index in [4.69, 9.17) is 4.74 Å². The zero-order valence-electron chi connectivity index (χ0n) is 11.8. The van der Waals surface area contributed by atoms with Gasteiger partial charge in [-0.05, 0) is 0 Å². The molecular weight excluding hydrogens is 278 g/mol. The number of urea groups is 1. The summed E-state index contributed by atoms with van der Waals surface area (Å²) in [4.78, 5) is 18.1. The van der Waals surface area contributed by atoms with Crippen molar-refractivity contribution in [2.24, 2.45) is 0 Å². The van der Waals surface area contributed by atoms with Crippen molar-refractivity contribution in [3.63, 3.8) is 0 Å². The summed E-state index contributed by atoms with van der Waals surface area (Å²) in [6.07, 6.45) is 1.97. The van der Waals surface area contributed by atoms with Gasteiger partial charge in [0.05, 0.1) is 7.11 Å². The maximum absolute atomic E-state index is 11.3. The zero-order chi connectivity index (χ0) is 14.5. The van der Waals surface area contributed by atoms with Crippen LogP contribution in [0.2, 0.25) is 0 Å². The highest BCUT2D eigenvalue weighted by Gasteiger charge is 2.12. The molecule has 2 heterocycles. The van der Waals surface area contributed by atoms with E-state index in [2.05, 4.69) is 15.6 Å². The van der Waals surface area contributed by atoms with Crippen LogP contribution in [-0.4, -0.2) is 54.6 Å². The summed E-state index contributed by atoms with van der Waals surface area (Å²) in [6.45, 7) is 1.89. The molecule has 110 valence electrons. The van der Waals surface area contributed by atoms with Gasteiger partial charge < -0.3 is 20.3 Å². The smallest absolute Gasteiger partial charge is 0.316 e. The van der Waals surface area contributed by atoms with Gasteiger partial charge in [-0.1, -0.05) is 0 Å². The Morgan fingerprint density at radius 3 is 3.00 bits per heavy atom. The zero-order valence-corrected chi connectivity index (χ0v) is 12.7. The molecule has 2 aromatic rings. The van der Waals surface area contributed by atoms with Gasteiger partial charge in [0, 0.05) is 45.3 Å². The summed E-state index contributed by atoms with van der Waals surface area (Å²) >= 11 is 1.57. The number of carbonyl (C=O) groups excluding carboxylic acids is 1. The van der Waals surface area contributed by atoms with Crippen LogP contribution in [0.5, 0.6) is 5.88 Å². The molecule has 0 saturated carbocycles. The first kappa shape index (κ1) is 14.6. The van der Waals surface area contributed by atoms with Gasteiger partial charge in [-0.15, -0.1) is 11.3 Å². The predicted octanol–water partition coefficient (Wildman–Crippen LogP) is 0.765. The highest BCUT2D eigenvalue weighted by molar-refractivity contribution is 7.15. The molecule has 0 aliphatic heterocycles. The molecule has 0 radical (unpaired) electrons. The number of imidazole rings is 1. The molecule has 0 aliphatic carbocycles. The minimum Gasteiger partial charge on any atom is -0.480 e. The predicted molar refractivity (Wildman–Crippen MR) is 78.4 cm³/mol. The standard InChI is InChI=1S/C12H19N5O2S/c1-16(2)11(18)14-5-4-13-8-9-10(19-3)15-12-17(9)6-7-20-12/h6-7,13H,4-5,8H2,1-3H3,(H,14,18). The fourth-order valence-electron chi connectivity index (χ4n) is 1.76. The number of ether oxygens (including phenoxy) is 1. The topological polar surface area (TPSA) is 70.9 Å². The molecule has 0 bridgehead atoms. The Hall–Kier alpha value is -1.80. The summed E-state index contributed by atoms with van der Waals surface area (Å²) in [5.41, 5.74) is 0.989. The number of hydrogen-bond donors (Lipinski definition) is 2. The molecule has 0 atom stereocenters. The van der Waals surface area contributed by atoms with Gasteiger partial charge in [0.2, 0.25) is 5.88 Å². The fourth-order valence-corrected chi connectivity index (χ4v) is 2.48. The van der Waals surface area contributed by atoms with Crippen LogP contribution in [0.25, 0.3) is 4.96 Å². The molecule has 0 spiro atoms. The molecule has 2 N–H and O–H groups in total. The number of aromatic nitrogens is 2. The Bertz CT molecular complexity index is 577. The highest BCUT2D eigenvalue weighted by atomic mass is 32.1. The van der Waals surface area contributed by atoms with Gasteiger partial charge in [0.15, 0.2) is 4.96 Å². The molecule has 2 aromatic heterocycles. The number of thiazole rings is 1. The van der Waals surface area contributed by atoms with Gasteiger partial charge in [-0.2, -0.15) is 4.98 Å². The minimum atomic E-state index is -0.0889. The Labute approximate surface area is 121 Å². The third-order valence-corrected chi connectivity index (χ3v) is 3.55. The number of fused-ring (bicyclic) bond motifs is 1. The second kappa shape index (κ2) is 6.58. The molecule has 20 heavy (non-hydrogen) atoms. The van der Waals surface area contributed by atoms with Gasteiger partial charge in [0.1, 0.15) is 5.69 Å². The second-order valence-electron chi connectivity index (χ2n) is 4.43. The number of hydrogen-bond acceptors (Lipinski definition) is 5. The average Bonchev–Trinajstić information content (AvgIpc) is 2.99. The Morgan fingerprint density at radius 1 is 1.50 bits per heavy atom. The number of methoxy groups -OCH3 is 1.